The van der Waals surface area contributed by atoms with Gasteiger partial charge >= 0.3 is 0 Å². The van der Waals surface area contributed by atoms with Crippen LogP contribution in [0, 0.1) is 5.92 Å². The van der Waals surface area contributed by atoms with Crippen molar-refractivity contribution in [3.8, 4) is 0 Å². The van der Waals surface area contributed by atoms with Gasteiger partial charge in [0.25, 0.3) is 0 Å². The smallest absolute Gasteiger partial charge is 0.241 e. The number of amides is 2. The Bertz CT molecular complexity index is 845. The summed E-state index contributed by atoms with van der Waals surface area (Å²) in [6, 6.07) is 3.90. The highest BCUT2D eigenvalue weighted by molar-refractivity contribution is 7.89. The Morgan fingerprint density at radius 2 is 1.89 bits per heavy atom. The van der Waals surface area contributed by atoms with Crippen LogP contribution in [0.2, 0.25) is 0 Å². The Labute approximate surface area is 160 Å². The van der Waals surface area contributed by atoms with Crippen molar-refractivity contribution in [2.24, 2.45) is 5.92 Å². The molecule has 2 amide bonds. The van der Waals surface area contributed by atoms with E-state index >= 15 is 0 Å². The molecule has 7 nitrogen and oxygen atoms in total. The molecule has 0 aliphatic carbocycles. The maximum Gasteiger partial charge on any atom is 0.241 e. The topological polar surface area (TPSA) is 86.8 Å². The summed E-state index contributed by atoms with van der Waals surface area (Å²) in [5, 5.41) is 0. The number of nitrogens with zero attached hydrogens (tertiary/aromatic N) is 2. The SMILES string of the molecule is CC(C)C[C@H](NS(=O)(=O)c1ccc2c(c1)CC(=O)N2C)C(=O)N1CCCC1. The first-order valence-electron chi connectivity index (χ1n) is 9.39. The van der Waals surface area contributed by atoms with Gasteiger partial charge in [-0.05, 0) is 48.9 Å². The summed E-state index contributed by atoms with van der Waals surface area (Å²) in [6.45, 7) is 5.30. The number of hydrogen-bond acceptors (Lipinski definition) is 4. The molecule has 0 bridgehead atoms. The van der Waals surface area contributed by atoms with Gasteiger partial charge in [0.15, 0.2) is 0 Å². The highest BCUT2D eigenvalue weighted by Gasteiger charge is 2.32. The van der Waals surface area contributed by atoms with E-state index in [1.54, 1.807) is 18.0 Å². The van der Waals surface area contributed by atoms with Gasteiger partial charge in [0.2, 0.25) is 21.8 Å². The molecule has 0 radical (unpaired) electrons. The Balaban J connectivity index is 1.83. The van der Waals surface area contributed by atoms with E-state index in [-0.39, 0.29) is 29.0 Å². The van der Waals surface area contributed by atoms with Crippen molar-refractivity contribution < 1.29 is 18.0 Å². The lowest BCUT2D eigenvalue weighted by atomic mass is 10.0. The maximum atomic E-state index is 12.9. The third-order valence-electron chi connectivity index (χ3n) is 5.16. The third-order valence-corrected chi connectivity index (χ3v) is 6.63. The number of carbonyl (C=O) groups excluding carboxylic acids is 2. The Kier molecular flexibility index (Phi) is 5.58. The van der Waals surface area contributed by atoms with Gasteiger partial charge in [-0.25, -0.2) is 8.42 Å². The van der Waals surface area contributed by atoms with Crippen LogP contribution in [0.4, 0.5) is 5.69 Å². The molecule has 3 rings (SSSR count). The number of rotatable bonds is 6. The summed E-state index contributed by atoms with van der Waals surface area (Å²) in [4.78, 5) is 28.0. The number of carbonyl (C=O) groups is 2. The van der Waals surface area contributed by atoms with Crippen molar-refractivity contribution in [1.29, 1.82) is 0 Å². The van der Waals surface area contributed by atoms with E-state index in [0.717, 1.165) is 18.5 Å². The molecule has 2 heterocycles. The lowest BCUT2D eigenvalue weighted by Crippen LogP contribution is -2.48. The average Bonchev–Trinajstić information content (AvgIpc) is 3.22. The van der Waals surface area contributed by atoms with Gasteiger partial charge in [0.05, 0.1) is 11.3 Å². The number of fused-ring (bicyclic) bond motifs is 1. The largest absolute Gasteiger partial charge is 0.341 e. The predicted molar refractivity (Wildman–Crippen MR) is 103 cm³/mol. The van der Waals surface area contributed by atoms with E-state index in [2.05, 4.69) is 4.72 Å². The van der Waals surface area contributed by atoms with E-state index in [1.807, 2.05) is 13.8 Å². The van der Waals surface area contributed by atoms with Crippen LogP contribution in [0.3, 0.4) is 0 Å². The quantitative estimate of drug-likeness (QED) is 0.794. The molecule has 0 saturated carbocycles. The highest BCUT2D eigenvalue weighted by atomic mass is 32.2. The van der Waals surface area contributed by atoms with Crippen LogP contribution in [0.1, 0.15) is 38.7 Å². The number of nitrogens with one attached hydrogen (secondary N) is 1. The summed E-state index contributed by atoms with van der Waals surface area (Å²) < 4.78 is 28.5. The molecule has 1 aromatic rings. The molecule has 0 unspecified atom stereocenters. The minimum absolute atomic E-state index is 0.0607. The van der Waals surface area contributed by atoms with Crippen molar-refractivity contribution >= 4 is 27.5 Å². The van der Waals surface area contributed by atoms with Gasteiger partial charge in [-0.2, -0.15) is 4.72 Å². The lowest BCUT2D eigenvalue weighted by Gasteiger charge is -2.25. The summed E-state index contributed by atoms with van der Waals surface area (Å²) in [6.07, 6.45) is 2.55. The molecular formula is C19H27N3O4S. The van der Waals surface area contributed by atoms with Gasteiger partial charge in [-0.15, -0.1) is 0 Å². The van der Waals surface area contributed by atoms with Crippen LogP contribution in [0.5, 0.6) is 0 Å². The highest BCUT2D eigenvalue weighted by Crippen LogP contribution is 2.30. The van der Waals surface area contributed by atoms with Crippen molar-refractivity contribution in [3.63, 3.8) is 0 Å². The summed E-state index contributed by atoms with van der Waals surface area (Å²) >= 11 is 0. The van der Waals surface area contributed by atoms with Crippen molar-refractivity contribution in [2.75, 3.05) is 25.0 Å². The van der Waals surface area contributed by atoms with Crippen molar-refractivity contribution in [3.05, 3.63) is 23.8 Å². The number of hydrogen-bond donors (Lipinski definition) is 1. The lowest BCUT2D eigenvalue weighted by molar-refractivity contribution is -0.132. The maximum absolute atomic E-state index is 12.9. The Hall–Kier alpha value is -1.93. The van der Waals surface area contributed by atoms with E-state index in [1.165, 1.54) is 17.0 Å². The first-order chi connectivity index (χ1) is 12.7. The normalized spacial score (nSPS) is 18.3. The van der Waals surface area contributed by atoms with Crippen molar-refractivity contribution in [2.45, 2.75) is 50.5 Å². The van der Waals surface area contributed by atoms with Crippen LogP contribution in [-0.4, -0.2) is 51.3 Å². The van der Waals surface area contributed by atoms with Gasteiger partial charge in [0, 0.05) is 25.8 Å². The number of sulfonamides is 1. The first-order valence-corrected chi connectivity index (χ1v) is 10.9. The zero-order valence-electron chi connectivity index (χ0n) is 16.1. The van der Waals surface area contributed by atoms with E-state index in [0.29, 0.717) is 25.1 Å². The zero-order valence-corrected chi connectivity index (χ0v) is 16.9. The minimum atomic E-state index is -3.86. The average molecular weight is 394 g/mol. The zero-order chi connectivity index (χ0) is 19.8. The second-order valence-electron chi connectivity index (χ2n) is 7.76. The van der Waals surface area contributed by atoms with E-state index < -0.39 is 16.1 Å². The minimum Gasteiger partial charge on any atom is -0.341 e. The van der Waals surface area contributed by atoms with Gasteiger partial charge in [0.1, 0.15) is 6.04 Å². The standard InChI is InChI=1S/C19H27N3O4S/c1-13(2)10-16(19(24)22-8-4-5-9-22)20-27(25,26)15-6-7-17-14(11-15)12-18(23)21(17)3/h6-7,11,13,16,20H,4-5,8-10,12H2,1-3H3/t16-/m0/s1. The fourth-order valence-corrected chi connectivity index (χ4v) is 4.95. The molecule has 2 aliphatic rings. The molecule has 0 spiro atoms. The molecule has 0 aromatic heterocycles. The second kappa shape index (κ2) is 7.59. The molecule has 8 heteroatoms. The predicted octanol–water partition coefficient (Wildman–Crippen LogP) is 1.52. The van der Waals surface area contributed by atoms with E-state index in [4.69, 9.17) is 0 Å². The van der Waals surface area contributed by atoms with Gasteiger partial charge in [-0.3, -0.25) is 9.59 Å². The number of benzene rings is 1. The number of likely N-dealkylation sites (tertiary alicyclic amines) is 1. The molecule has 1 N–H and O–H groups in total. The number of likely N-dealkylation sites (N-methyl/N-ethyl adjacent to an activating group) is 1. The molecule has 2 aliphatic heterocycles. The molecular weight excluding hydrogens is 366 g/mol. The molecule has 27 heavy (non-hydrogen) atoms. The van der Waals surface area contributed by atoms with Crippen LogP contribution in [-0.2, 0) is 26.0 Å². The Morgan fingerprint density at radius 1 is 1.22 bits per heavy atom. The van der Waals surface area contributed by atoms with Crippen molar-refractivity contribution in [1.82, 2.24) is 9.62 Å². The monoisotopic (exact) mass is 393 g/mol. The van der Waals surface area contributed by atoms with Crippen LogP contribution < -0.4 is 9.62 Å². The van der Waals surface area contributed by atoms with Gasteiger partial charge < -0.3 is 9.80 Å². The molecule has 1 aromatic carbocycles. The fraction of sp³-hybridized carbons (Fsp3) is 0.579. The summed E-state index contributed by atoms with van der Waals surface area (Å²) in [7, 11) is -2.19. The first kappa shape index (κ1) is 19.8. The third kappa shape index (κ3) is 4.16. The molecule has 148 valence electrons. The van der Waals surface area contributed by atoms with Gasteiger partial charge in [-0.1, -0.05) is 13.8 Å². The van der Waals surface area contributed by atoms with E-state index in [9.17, 15) is 18.0 Å². The van der Waals surface area contributed by atoms with Crippen LogP contribution in [0.25, 0.3) is 0 Å². The summed E-state index contributed by atoms with van der Waals surface area (Å²) in [5.41, 5.74) is 1.42. The Morgan fingerprint density at radius 3 is 2.52 bits per heavy atom. The van der Waals surface area contributed by atoms with Crippen LogP contribution >= 0.6 is 0 Å². The number of anilines is 1. The van der Waals surface area contributed by atoms with Crippen LogP contribution in [0.15, 0.2) is 23.1 Å². The molecule has 1 fully saturated rings. The molecule has 1 atom stereocenters. The molecule has 1 saturated heterocycles. The summed E-state index contributed by atoms with van der Waals surface area (Å²) in [5.74, 6) is -0.0363. The fourth-order valence-electron chi connectivity index (χ4n) is 3.70. The second-order valence-corrected chi connectivity index (χ2v) is 9.47.